The zero-order valence-electron chi connectivity index (χ0n) is 15.3. The molecule has 1 heterocycles. The van der Waals surface area contributed by atoms with E-state index in [1.165, 1.54) is 0 Å². The minimum absolute atomic E-state index is 0.261. The Bertz CT molecular complexity index is 1010. The van der Waals surface area contributed by atoms with Crippen molar-refractivity contribution in [1.29, 1.82) is 0 Å². The number of nitrogens with zero attached hydrogens (tertiary/aromatic N) is 2. The molecule has 0 unspecified atom stereocenters. The number of nitrogens with one attached hydrogen (secondary N) is 1. The Morgan fingerprint density at radius 2 is 1.85 bits per heavy atom. The molecule has 3 aromatic rings. The molecule has 0 radical (unpaired) electrons. The molecule has 5 nitrogen and oxygen atoms in total. The first-order valence-corrected chi connectivity index (χ1v) is 11.0. The summed E-state index contributed by atoms with van der Waals surface area (Å²) in [6, 6.07) is 14.4. The molecule has 0 saturated carbocycles. The first-order valence-electron chi connectivity index (χ1n) is 8.70. The van der Waals surface area contributed by atoms with Crippen molar-refractivity contribution in [3.05, 3.63) is 76.5 Å². The lowest BCUT2D eigenvalue weighted by molar-refractivity contribution is 0.601. The fourth-order valence-electron chi connectivity index (χ4n) is 2.84. The van der Waals surface area contributed by atoms with Crippen LogP contribution in [0.3, 0.4) is 0 Å². The highest BCUT2D eigenvalue weighted by Gasteiger charge is 2.14. The van der Waals surface area contributed by atoms with Gasteiger partial charge >= 0.3 is 0 Å². The summed E-state index contributed by atoms with van der Waals surface area (Å²) < 4.78 is 30.7. The molecule has 1 aromatic heterocycles. The number of aromatic nitrogens is 2. The van der Waals surface area contributed by atoms with Crippen LogP contribution in [0.1, 0.15) is 25.0 Å². The van der Waals surface area contributed by atoms with Crippen LogP contribution in [0.2, 0.25) is 0 Å². The number of rotatable bonds is 7. The molecule has 0 aliphatic rings. The van der Waals surface area contributed by atoms with Gasteiger partial charge in [0.15, 0.2) is 0 Å². The molecule has 0 aliphatic carbocycles. The molecule has 0 atom stereocenters. The summed E-state index contributed by atoms with van der Waals surface area (Å²) in [6.45, 7) is 4.84. The summed E-state index contributed by atoms with van der Waals surface area (Å²) in [6.07, 6.45) is 4.52. The van der Waals surface area contributed by atoms with E-state index in [9.17, 15) is 8.42 Å². The van der Waals surface area contributed by atoms with Crippen LogP contribution in [0.5, 0.6) is 0 Å². The fraction of sp³-hybridized carbons (Fsp3) is 0.250. The molecular weight excluding hydrogens is 426 g/mol. The quantitative estimate of drug-likeness (QED) is 0.570. The molecule has 0 saturated heterocycles. The van der Waals surface area contributed by atoms with Gasteiger partial charge in [0.05, 0.1) is 22.1 Å². The van der Waals surface area contributed by atoms with Crippen molar-refractivity contribution in [1.82, 2.24) is 9.78 Å². The van der Waals surface area contributed by atoms with Gasteiger partial charge in [0, 0.05) is 11.9 Å². The van der Waals surface area contributed by atoms with Crippen LogP contribution in [0.4, 0.5) is 5.69 Å². The molecule has 0 amide bonds. The smallest absolute Gasteiger partial charge is 0.261 e. The third kappa shape index (κ3) is 5.43. The van der Waals surface area contributed by atoms with Crippen molar-refractivity contribution in [2.75, 3.05) is 4.72 Å². The Hall–Kier alpha value is -2.12. The minimum Gasteiger partial charge on any atom is -0.280 e. The van der Waals surface area contributed by atoms with E-state index in [-0.39, 0.29) is 4.90 Å². The van der Waals surface area contributed by atoms with Gasteiger partial charge in [-0.15, -0.1) is 0 Å². The Labute approximate surface area is 168 Å². The second-order valence-electron chi connectivity index (χ2n) is 6.90. The van der Waals surface area contributed by atoms with Crippen molar-refractivity contribution in [2.45, 2.75) is 31.7 Å². The van der Waals surface area contributed by atoms with Crippen LogP contribution in [0.15, 0.2) is 70.3 Å². The summed E-state index contributed by atoms with van der Waals surface area (Å²) in [7, 11) is -3.62. The lowest BCUT2D eigenvalue weighted by atomic mass is 10.0. The average Bonchev–Trinajstić information content (AvgIpc) is 2.99. The molecule has 0 bridgehead atoms. The van der Waals surface area contributed by atoms with Gasteiger partial charge in [-0.1, -0.05) is 38.1 Å². The zero-order chi connectivity index (χ0) is 19.4. The highest BCUT2D eigenvalue weighted by atomic mass is 79.9. The van der Waals surface area contributed by atoms with Crippen molar-refractivity contribution in [2.24, 2.45) is 5.92 Å². The predicted octanol–water partition coefficient (Wildman–Crippen LogP) is 4.69. The molecule has 0 aliphatic heterocycles. The topological polar surface area (TPSA) is 64.0 Å². The van der Waals surface area contributed by atoms with Crippen LogP contribution < -0.4 is 4.72 Å². The summed E-state index contributed by atoms with van der Waals surface area (Å²) in [5.74, 6) is 0.531. The maximum atomic E-state index is 12.7. The van der Waals surface area contributed by atoms with Crippen molar-refractivity contribution in [3.63, 3.8) is 0 Å². The maximum Gasteiger partial charge on any atom is 0.261 e. The maximum absolute atomic E-state index is 12.7. The monoisotopic (exact) mass is 447 g/mol. The van der Waals surface area contributed by atoms with Gasteiger partial charge in [-0.2, -0.15) is 5.10 Å². The van der Waals surface area contributed by atoms with E-state index in [2.05, 4.69) is 39.6 Å². The molecule has 7 heteroatoms. The standard InChI is InChI=1S/C20H22BrN3O2S/c1-15(2)10-16-6-8-20(9-7-16)27(25,26)23-19-5-3-4-17(11-19)13-24-14-18(21)12-22-24/h3-9,11-12,14-15,23H,10,13H2,1-2H3. The summed E-state index contributed by atoms with van der Waals surface area (Å²) in [4.78, 5) is 0.261. The van der Waals surface area contributed by atoms with Gasteiger partial charge in [0.2, 0.25) is 0 Å². The van der Waals surface area contributed by atoms with Crippen LogP contribution in [0, 0.1) is 5.92 Å². The summed E-state index contributed by atoms with van der Waals surface area (Å²) in [5, 5.41) is 4.22. The average molecular weight is 448 g/mol. The lowest BCUT2D eigenvalue weighted by Crippen LogP contribution is -2.13. The molecular formula is C20H22BrN3O2S. The normalized spacial score (nSPS) is 11.7. The Morgan fingerprint density at radius 3 is 2.48 bits per heavy atom. The van der Waals surface area contributed by atoms with Crippen molar-refractivity contribution in [3.8, 4) is 0 Å². The molecule has 2 aromatic carbocycles. The fourth-order valence-corrected chi connectivity index (χ4v) is 4.21. The van der Waals surface area contributed by atoms with E-state index in [4.69, 9.17) is 0 Å². The van der Waals surface area contributed by atoms with E-state index in [1.807, 2.05) is 36.5 Å². The minimum atomic E-state index is -3.62. The molecule has 0 spiro atoms. The van der Waals surface area contributed by atoms with Gasteiger partial charge < -0.3 is 0 Å². The first kappa shape index (κ1) is 19.6. The number of hydrogen-bond acceptors (Lipinski definition) is 3. The lowest BCUT2D eigenvalue weighted by Gasteiger charge is -2.11. The Kier molecular flexibility index (Phi) is 6.01. The van der Waals surface area contributed by atoms with Gasteiger partial charge in [0.1, 0.15) is 0 Å². The summed E-state index contributed by atoms with van der Waals surface area (Å²) >= 11 is 3.37. The molecule has 142 valence electrons. The third-order valence-corrected chi connectivity index (χ3v) is 5.81. The molecule has 27 heavy (non-hydrogen) atoms. The van der Waals surface area contributed by atoms with Gasteiger partial charge in [-0.25, -0.2) is 8.42 Å². The van der Waals surface area contributed by atoms with Crippen LogP contribution in [0.25, 0.3) is 0 Å². The number of hydrogen-bond donors (Lipinski definition) is 1. The predicted molar refractivity (Wildman–Crippen MR) is 111 cm³/mol. The van der Waals surface area contributed by atoms with E-state index in [1.54, 1.807) is 29.1 Å². The first-order chi connectivity index (χ1) is 12.8. The highest BCUT2D eigenvalue weighted by Crippen LogP contribution is 2.19. The van der Waals surface area contributed by atoms with Crippen LogP contribution in [-0.4, -0.2) is 18.2 Å². The SMILES string of the molecule is CC(C)Cc1ccc(S(=O)(=O)Nc2cccc(Cn3cc(Br)cn3)c2)cc1. The summed E-state index contributed by atoms with van der Waals surface area (Å²) in [5.41, 5.74) is 2.62. The molecule has 3 rings (SSSR count). The number of halogens is 1. The molecule has 0 fully saturated rings. The van der Waals surface area contributed by atoms with Gasteiger partial charge in [-0.05, 0) is 63.7 Å². The molecule has 1 N–H and O–H groups in total. The highest BCUT2D eigenvalue weighted by molar-refractivity contribution is 9.10. The second-order valence-corrected chi connectivity index (χ2v) is 9.50. The van der Waals surface area contributed by atoms with Gasteiger partial charge in [0.25, 0.3) is 10.0 Å². The Morgan fingerprint density at radius 1 is 1.11 bits per heavy atom. The second kappa shape index (κ2) is 8.27. The third-order valence-electron chi connectivity index (χ3n) is 4.00. The van der Waals surface area contributed by atoms with E-state index < -0.39 is 10.0 Å². The van der Waals surface area contributed by atoms with Gasteiger partial charge in [-0.3, -0.25) is 9.40 Å². The number of sulfonamides is 1. The van der Waals surface area contributed by atoms with Crippen molar-refractivity contribution < 1.29 is 8.42 Å². The Balaban J connectivity index is 1.74. The van der Waals surface area contributed by atoms with Crippen LogP contribution in [-0.2, 0) is 23.0 Å². The zero-order valence-corrected chi connectivity index (χ0v) is 17.7. The largest absolute Gasteiger partial charge is 0.280 e. The van der Waals surface area contributed by atoms with E-state index >= 15 is 0 Å². The van der Waals surface area contributed by atoms with E-state index in [0.29, 0.717) is 18.2 Å². The van der Waals surface area contributed by atoms with Crippen molar-refractivity contribution >= 4 is 31.6 Å². The van der Waals surface area contributed by atoms with Crippen LogP contribution >= 0.6 is 15.9 Å². The number of anilines is 1. The van der Waals surface area contributed by atoms with E-state index in [0.717, 1.165) is 22.0 Å². The number of benzene rings is 2.